The highest BCUT2D eigenvalue weighted by Gasteiger charge is 2.32. The van der Waals surface area contributed by atoms with Crippen molar-refractivity contribution in [1.29, 1.82) is 0 Å². The van der Waals surface area contributed by atoms with Gasteiger partial charge in [0.15, 0.2) is 0 Å². The second kappa shape index (κ2) is 27.9. The maximum atomic E-state index is 13.8. The lowest BCUT2D eigenvalue weighted by atomic mass is 10.0. The quantitative estimate of drug-likeness (QED) is 0.113. The second-order valence-electron chi connectivity index (χ2n) is 22.5. The van der Waals surface area contributed by atoms with Crippen molar-refractivity contribution in [2.45, 2.75) is 54.6 Å². The van der Waals surface area contributed by atoms with E-state index < -0.39 is 23.4 Å². The first-order valence-electron chi connectivity index (χ1n) is 29.1. The van der Waals surface area contributed by atoms with Gasteiger partial charge in [-0.3, -0.25) is 0 Å². The lowest BCUT2D eigenvalue weighted by Gasteiger charge is -2.10. The summed E-state index contributed by atoms with van der Waals surface area (Å²) >= 11 is 0. The summed E-state index contributed by atoms with van der Waals surface area (Å²) in [6, 6.07) is 44.9. The first kappa shape index (κ1) is 65.2. The molecule has 458 valence electrons. The highest BCUT2D eigenvalue weighted by atomic mass is 19.4. The molecule has 0 aliphatic carbocycles. The molecule has 7 aromatic carbocycles. The van der Waals surface area contributed by atoms with Gasteiger partial charge in [-0.2, -0.15) is 22.3 Å². The molecule has 5 heterocycles. The summed E-state index contributed by atoms with van der Waals surface area (Å²) in [4.78, 5) is 0. The molecule has 5 aromatic heterocycles. The molecule has 16 heteroatoms. The van der Waals surface area contributed by atoms with Crippen LogP contribution in [0.1, 0.15) is 44.5 Å². The fourth-order valence-electron chi connectivity index (χ4n) is 11.2. The molecule has 0 atom stereocenters. The molecule has 0 aliphatic heterocycles. The molecular formula is C73H79F6N10+5. The second-order valence-corrected chi connectivity index (χ2v) is 22.5. The molecule has 0 bridgehead atoms. The zero-order chi connectivity index (χ0) is 64.6. The SMILES string of the molecule is Cc1cc(F)cc(F)c1-c1n(C)cc[n+]1C.Cc1cc(F)ccc1-c1n(C)cc[n+]1C.Cc1ccc(C(F)(F)F)cc1-c1n(C)cc[n+]1C.Cc1ccccc1-c1n(-c2c(C)cccc2C)cc[n+]1C.Cc1ccccc1-c1n(-c2ccccc2)cc[n+]1C. The lowest BCUT2D eigenvalue weighted by Crippen LogP contribution is -2.29. The molecule has 89 heavy (non-hydrogen) atoms. The van der Waals surface area contributed by atoms with Gasteiger partial charge in [0, 0.05) is 6.07 Å². The average Bonchev–Trinajstić information content (AvgIpc) is 3.04. The van der Waals surface area contributed by atoms with Crippen LogP contribution in [0, 0.1) is 65.9 Å². The fourth-order valence-corrected chi connectivity index (χ4v) is 11.2. The van der Waals surface area contributed by atoms with E-state index >= 15 is 0 Å². The molecule has 12 rings (SSSR count). The van der Waals surface area contributed by atoms with E-state index in [-0.39, 0.29) is 5.82 Å². The van der Waals surface area contributed by atoms with Gasteiger partial charge in [0.05, 0.1) is 84.2 Å². The van der Waals surface area contributed by atoms with E-state index in [1.807, 2.05) is 133 Å². The van der Waals surface area contributed by atoms with Crippen molar-refractivity contribution in [3.8, 4) is 68.3 Å². The van der Waals surface area contributed by atoms with Gasteiger partial charge in [0.2, 0.25) is 0 Å². The fraction of sp³-hybridized carbons (Fsp3) is 0.219. The van der Waals surface area contributed by atoms with E-state index in [0.29, 0.717) is 16.7 Å². The van der Waals surface area contributed by atoms with Crippen LogP contribution in [0.5, 0.6) is 0 Å². The Morgan fingerprint density at radius 1 is 0.337 bits per heavy atom. The summed E-state index contributed by atoms with van der Waals surface area (Å²) in [7, 11) is 15.4. The molecule has 0 N–H and O–H groups in total. The van der Waals surface area contributed by atoms with E-state index in [0.717, 1.165) is 46.3 Å². The third-order valence-electron chi connectivity index (χ3n) is 15.7. The zero-order valence-corrected chi connectivity index (χ0v) is 53.4. The Morgan fingerprint density at radius 3 is 1.24 bits per heavy atom. The standard InChI is InChI=1S/C19H21N2.C17H17N2.C13H14F3N2.C12H13F2N2.C12H14FN2/c1-14-8-5-6-11-17(14)19-20(4)12-13-21(19)18-15(2)9-7-10-16(18)3;1-14-8-6-7-11-16(14)17-18(2)12-13-19(17)15-9-4-3-5-10-15;1-9-4-5-10(13(14,15)16)8-11(9)12-17(2)6-7-18(12)3;1-8-6-9(13)7-10(14)11(8)12-15(2)4-5-16(12)3;1-9-8-10(13)4-5-11(9)12-14(2)6-7-15(12)3/h5-13H,1-4H3;3-13H,1-2H3;4-8H,1-3H3;4-7H,1-3H3;4-8H,1-3H3/q5*+1. The van der Waals surface area contributed by atoms with Crippen LogP contribution in [0.3, 0.4) is 0 Å². The predicted molar refractivity (Wildman–Crippen MR) is 339 cm³/mol. The van der Waals surface area contributed by atoms with Gasteiger partial charge in [-0.15, -0.1) is 0 Å². The van der Waals surface area contributed by atoms with Crippen LogP contribution in [-0.2, 0) is 62.6 Å². The van der Waals surface area contributed by atoms with Crippen LogP contribution in [0.25, 0.3) is 68.3 Å². The van der Waals surface area contributed by atoms with Crippen molar-refractivity contribution in [1.82, 2.24) is 22.8 Å². The topological polar surface area (TPSA) is 44.0 Å². The minimum Gasteiger partial charge on any atom is -0.233 e. The molecular weight excluding hydrogens is 1130 g/mol. The zero-order valence-electron chi connectivity index (χ0n) is 53.4. The summed E-state index contributed by atoms with van der Waals surface area (Å²) in [5.41, 5.74) is 14.0. The molecule has 0 aliphatic rings. The van der Waals surface area contributed by atoms with Gasteiger partial charge >= 0.3 is 6.18 Å². The van der Waals surface area contributed by atoms with Gasteiger partial charge in [-0.1, -0.05) is 78.9 Å². The van der Waals surface area contributed by atoms with Crippen LogP contribution in [0.4, 0.5) is 26.3 Å². The molecule has 0 saturated heterocycles. The molecule has 0 radical (unpaired) electrons. The van der Waals surface area contributed by atoms with Crippen LogP contribution in [-0.4, -0.2) is 22.8 Å². The molecule has 0 amide bonds. The number of hydrogen-bond acceptors (Lipinski definition) is 0. The van der Waals surface area contributed by atoms with Crippen LogP contribution < -0.4 is 22.8 Å². The molecule has 0 fully saturated rings. The Bertz CT molecular complexity index is 4320. The van der Waals surface area contributed by atoms with E-state index in [1.54, 1.807) is 13.0 Å². The van der Waals surface area contributed by atoms with Gasteiger partial charge < -0.3 is 0 Å². The largest absolute Gasteiger partial charge is 0.416 e. The number of halogens is 6. The number of hydrogen-bond donors (Lipinski definition) is 0. The predicted octanol–water partition coefficient (Wildman–Crippen LogP) is 14.1. The number of benzene rings is 7. The highest BCUT2D eigenvalue weighted by Crippen LogP contribution is 2.34. The molecule has 0 unspecified atom stereocenters. The summed E-state index contributed by atoms with van der Waals surface area (Å²) in [5.74, 6) is 3.69. The van der Waals surface area contributed by atoms with Crippen molar-refractivity contribution < 1.29 is 49.2 Å². The highest BCUT2D eigenvalue weighted by molar-refractivity contribution is 5.64. The average molecular weight is 1210 g/mol. The third-order valence-corrected chi connectivity index (χ3v) is 15.7. The Labute approximate surface area is 518 Å². The monoisotopic (exact) mass is 1210 g/mol. The van der Waals surface area contributed by atoms with E-state index in [9.17, 15) is 26.3 Å². The Hall–Kier alpha value is -9.83. The maximum Gasteiger partial charge on any atom is 0.416 e. The number of para-hydroxylation sites is 2. The van der Waals surface area contributed by atoms with Gasteiger partial charge in [-0.05, 0) is 148 Å². The molecule has 0 saturated carbocycles. The molecule has 0 spiro atoms. The molecule has 10 nitrogen and oxygen atoms in total. The minimum absolute atomic E-state index is 0.187. The van der Waals surface area contributed by atoms with Crippen LogP contribution in [0.2, 0.25) is 0 Å². The summed E-state index contributed by atoms with van der Waals surface area (Å²) in [6.45, 7) is 14.1. The van der Waals surface area contributed by atoms with Crippen molar-refractivity contribution in [3.05, 3.63) is 270 Å². The first-order valence-corrected chi connectivity index (χ1v) is 29.1. The Morgan fingerprint density at radius 2 is 0.753 bits per heavy atom. The van der Waals surface area contributed by atoms with E-state index in [1.165, 1.54) is 80.7 Å². The van der Waals surface area contributed by atoms with Crippen molar-refractivity contribution in [2.24, 2.45) is 56.4 Å². The maximum absolute atomic E-state index is 13.8. The van der Waals surface area contributed by atoms with Crippen LogP contribution in [0.15, 0.2) is 208 Å². The van der Waals surface area contributed by atoms with Crippen LogP contribution >= 0.6 is 0 Å². The minimum atomic E-state index is -4.31. The van der Waals surface area contributed by atoms with Gasteiger partial charge in [0.1, 0.15) is 96.4 Å². The smallest absolute Gasteiger partial charge is 0.233 e. The Balaban J connectivity index is 0.000000145. The van der Waals surface area contributed by atoms with Crippen molar-refractivity contribution in [2.75, 3.05) is 0 Å². The van der Waals surface area contributed by atoms with Crippen molar-refractivity contribution >= 4 is 0 Å². The number of rotatable bonds is 7. The van der Waals surface area contributed by atoms with Gasteiger partial charge in [-0.25, -0.2) is 49.7 Å². The van der Waals surface area contributed by atoms with Crippen molar-refractivity contribution in [3.63, 3.8) is 0 Å². The number of aromatic nitrogens is 10. The number of aryl methyl sites for hydroxylation is 15. The Kier molecular flexibility index (Phi) is 20.4. The number of nitrogens with zero attached hydrogens (tertiary/aromatic N) is 10. The first-order chi connectivity index (χ1) is 42.3. The van der Waals surface area contributed by atoms with E-state index in [4.69, 9.17) is 0 Å². The number of alkyl halides is 3. The summed E-state index contributed by atoms with van der Waals surface area (Å²) < 4.78 is 98.1. The lowest BCUT2D eigenvalue weighted by molar-refractivity contribution is -0.659. The normalized spacial score (nSPS) is 11.0. The van der Waals surface area contributed by atoms with E-state index in [2.05, 4.69) is 176 Å². The van der Waals surface area contributed by atoms with Gasteiger partial charge in [0.25, 0.3) is 29.1 Å². The summed E-state index contributed by atoms with van der Waals surface area (Å²) in [5, 5.41) is 0. The third kappa shape index (κ3) is 14.8. The molecule has 12 aromatic rings. The number of imidazole rings is 5. The summed E-state index contributed by atoms with van der Waals surface area (Å²) in [6.07, 6.45) is 15.4.